The molecule has 27 heavy (non-hydrogen) atoms. The molecule has 1 aromatic heterocycles. The number of anilines is 1. The number of benzene rings is 3. The predicted octanol–water partition coefficient (Wildman–Crippen LogP) is 5.86. The van der Waals surface area contributed by atoms with Crippen molar-refractivity contribution in [3.05, 3.63) is 108 Å². The van der Waals surface area contributed by atoms with Crippen LogP contribution in [0, 0.1) is 0 Å². The topological polar surface area (TPSA) is 29.9 Å². The van der Waals surface area contributed by atoms with Crippen molar-refractivity contribution >= 4 is 17.3 Å². The number of aromatic nitrogens is 2. The number of rotatable bonds is 6. The summed E-state index contributed by atoms with van der Waals surface area (Å²) in [4.78, 5) is 4.31. The summed E-state index contributed by atoms with van der Waals surface area (Å²) in [6, 6.07) is 26.8. The molecule has 0 atom stereocenters. The van der Waals surface area contributed by atoms with E-state index in [1.54, 1.807) is 0 Å². The molecule has 134 valence electrons. The molecule has 0 fully saturated rings. The van der Waals surface area contributed by atoms with Gasteiger partial charge in [-0.2, -0.15) is 0 Å². The number of hydrogen-bond acceptors (Lipinski definition) is 2. The van der Waals surface area contributed by atoms with Crippen LogP contribution in [0.3, 0.4) is 0 Å². The fraction of sp³-hybridized carbons (Fsp3) is 0.0870. The van der Waals surface area contributed by atoms with Crippen LogP contribution in [0.1, 0.15) is 11.3 Å². The van der Waals surface area contributed by atoms with Gasteiger partial charge in [0.15, 0.2) is 0 Å². The Balaban J connectivity index is 1.45. The normalized spacial score (nSPS) is 10.7. The van der Waals surface area contributed by atoms with E-state index in [1.165, 1.54) is 16.7 Å². The van der Waals surface area contributed by atoms with E-state index in [4.69, 9.17) is 11.6 Å². The van der Waals surface area contributed by atoms with Crippen molar-refractivity contribution in [2.24, 2.45) is 0 Å². The molecule has 0 aliphatic carbocycles. The fourth-order valence-electron chi connectivity index (χ4n) is 3.06. The lowest BCUT2D eigenvalue weighted by atomic mass is 10.1. The minimum Gasteiger partial charge on any atom is -0.379 e. The molecule has 0 aliphatic rings. The molecule has 4 heteroatoms. The zero-order valence-electron chi connectivity index (χ0n) is 14.8. The monoisotopic (exact) mass is 373 g/mol. The predicted molar refractivity (Wildman–Crippen MR) is 112 cm³/mol. The molecular formula is C23H20ClN3. The second kappa shape index (κ2) is 8.11. The Morgan fingerprint density at radius 1 is 0.852 bits per heavy atom. The van der Waals surface area contributed by atoms with Gasteiger partial charge in [0, 0.05) is 23.5 Å². The third-order valence-electron chi connectivity index (χ3n) is 4.51. The quantitative estimate of drug-likeness (QED) is 0.458. The molecule has 0 spiro atoms. The molecule has 0 saturated carbocycles. The smallest absolute Gasteiger partial charge is 0.0951 e. The standard InChI is InChI=1S/C23H20ClN3/c24-21-11-9-18(10-12-21)16-27-17-25-14-23(27)15-26-22-8-4-7-20(13-22)19-5-2-1-3-6-19/h1-14,17,26H,15-16H2. The first-order valence-electron chi connectivity index (χ1n) is 8.91. The lowest BCUT2D eigenvalue weighted by Crippen LogP contribution is -2.08. The summed E-state index contributed by atoms with van der Waals surface area (Å²) in [5.41, 5.74) is 5.85. The number of nitrogens with zero attached hydrogens (tertiary/aromatic N) is 2. The Morgan fingerprint density at radius 2 is 1.63 bits per heavy atom. The summed E-state index contributed by atoms with van der Waals surface area (Å²) in [7, 11) is 0. The number of hydrogen-bond donors (Lipinski definition) is 1. The van der Waals surface area contributed by atoms with Gasteiger partial charge >= 0.3 is 0 Å². The van der Waals surface area contributed by atoms with Crippen LogP contribution in [0.15, 0.2) is 91.4 Å². The average Bonchev–Trinajstić information content (AvgIpc) is 3.16. The molecule has 0 saturated heterocycles. The summed E-state index contributed by atoms with van der Waals surface area (Å²) in [6.45, 7) is 1.49. The molecular weight excluding hydrogens is 354 g/mol. The van der Waals surface area contributed by atoms with Crippen molar-refractivity contribution in [3.63, 3.8) is 0 Å². The van der Waals surface area contributed by atoms with Crippen LogP contribution in [-0.4, -0.2) is 9.55 Å². The van der Waals surface area contributed by atoms with Gasteiger partial charge in [-0.3, -0.25) is 0 Å². The lowest BCUT2D eigenvalue weighted by molar-refractivity contribution is 0.749. The number of halogens is 1. The van der Waals surface area contributed by atoms with Crippen molar-refractivity contribution in [1.82, 2.24) is 9.55 Å². The van der Waals surface area contributed by atoms with E-state index in [9.17, 15) is 0 Å². The van der Waals surface area contributed by atoms with E-state index in [0.29, 0.717) is 6.54 Å². The Kier molecular flexibility index (Phi) is 5.22. The molecule has 0 aliphatic heterocycles. The summed E-state index contributed by atoms with van der Waals surface area (Å²) in [5, 5.41) is 4.26. The third kappa shape index (κ3) is 4.39. The van der Waals surface area contributed by atoms with Gasteiger partial charge in [0.2, 0.25) is 0 Å². The molecule has 3 nitrogen and oxygen atoms in total. The molecule has 1 heterocycles. The Labute approximate surface area is 164 Å². The van der Waals surface area contributed by atoms with E-state index in [0.717, 1.165) is 22.9 Å². The van der Waals surface area contributed by atoms with Crippen molar-refractivity contribution in [3.8, 4) is 11.1 Å². The van der Waals surface area contributed by atoms with Crippen LogP contribution in [0.5, 0.6) is 0 Å². The molecule has 4 aromatic rings. The second-order valence-electron chi connectivity index (χ2n) is 6.44. The van der Waals surface area contributed by atoms with Gasteiger partial charge in [-0.05, 0) is 41.0 Å². The molecule has 4 rings (SSSR count). The maximum atomic E-state index is 5.97. The van der Waals surface area contributed by atoms with E-state index in [2.05, 4.69) is 63.4 Å². The molecule has 3 aromatic carbocycles. The first-order chi connectivity index (χ1) is 13.3. The summed E-state index contributed by atoms with van der Waals surface area (Å²) < 4.78 is 2.15. The van der Waals surface area contributed by atoms with Gasteiger partial charge in [0.05, 0.1) is 18.6 Å². The van der Waals surface area contributed by atoms with Gasteiger partial charge in [-0.15, -0.1) is 0 Å². The van der Waals surface area contributed by atoms with Crippen LogP contribution in [0.4, 0.5) is 5.69 Å². The van der Waals surface area contributed by atoms with Crippen molar-refractivity contribution in [2.75, 3.05) is 5.32 Å². The molecule has 1 N–H and O–H groups in total. The third-order valence-corrected chi connectivity index (χ3v) is 4.76. The minimum absolute atomic E-state index is 0.714. The largest absolute Gasteiger partial charge is 0.379 e. The highest BCUT2D eigenvalue weighted by atomic mass is 35.5. The lowest BCUT2D eigenvalue weighted by Gasteiger charge is -2.11. The number of nitrogens with one attached hydrogen (secondary N) is 1. The number of imidazole rings is 1. The van der Waals surface area contributed by atoms with Crippen LogP contribution in [0.25, 0.3) is 11.1 Å². The maximum absolute atomic E-state index is 5.97. The first kappa shape index (κ1) is 17.4. The molecule has 0 radical (unpaired) electrons. The highest BCUT2D eigenvalue weighted by Crippen LogP contribution is 2.22. The van der Waals surface area contributed by atoms with Gasteiger partial charge in [0.1, 0.15) is 0 Å². The van der Waals surface area contributed by atoms with Gasteiger partial charge < -0.3 is 9.88 Å². The summed E-state index contributed by atoms with van der Waals surface area (Å²) >= 11 is 5.97. The molecule has 0 unspecified atom stereocenters. The maximum Gasteiger partial charge on any atom is 0.0951 e. The van der Waals surface area contributed by atoms with E-state index in [1.807, 2.05) is 42.9 Å². The van der Waals surface area contributed by atoms with Crippen LogP contribution in [0.2, 0.25) is 5.02 Å². The highest BCUT2D eigenvalue weighted by molar-refractivity contribution is 6.30. The van der Waals surface area contributed by atoms with Crippen molar-refractivity contribution < 1.29 is 0 Å². The van der Waals surface area contributed by atoms with Crippen LogP contribution >= 0.6 is 11.6 Å². The van der Waals surface area contributed by atoms with Crippen LogP contribution < -0.4 is 5.32 Å². The van der Waals surface area contributed by atoms with Gasteiger partial charge in [-0.1, -0.05) is 66.2 Å². The zero-order chi connectivity index (χ0) is 18.5. The van der Waals surface area contributed by atoms with E-state index >= 15 is 0 Å². The van der Waals surface area contributed by atoms with E-state index < -0.39 is 0 Å². The summed E-state index contributed by atoms with van der Waals surface area (Å²) in [5.74, 6) is 0. The Morgan fingerprint density at radius 3 is 2.44 bits per heavy atom. The minimum atomic E-state index is 0.714. The molecule has 0 amide bonds. The highest BCUT2D eigenvalue weighted by Gasteiger charge is 2.04. The first-order valence-corrected chi connectivity index (χ1v) is 9.28. The van der Waals surface area contributed by atoms with E-state index in [-0.39, 0.29) is 0 Å². The van der Waals surface area contributed by atoms with Gasteiger partial charge in [-0.25, -0.2) is 4.98 Å². The van der Waals surface area contributed by atoms with Crippen molar-refractivity contribution in [1.29, 1.82) is 0 Å². The van der Waals surface area contributed by atoms with Gasteiger partial charge in [0.25, 0.3) is 0 Å². The molecule has 0 bridgehead atoms. The average molecular weight is 374 g/mol. The SMILES string of the molecule is Clc1ccc(Cn2cncc2CNc2cccc(-c3ccccc3)c2)cc1. The van der Waals surface area contributed by atoms with Crippen LogP contribution in [-0.2, 0) is 13.1 Å². The van der Waals surface area contributed by atoms with Crippen molar-refractivity contribution in [2.45, 2.75) is 13.1 Å². The summed E-state index contributed by atoms with van der Waals surface area (Å²) in [6.07, 6.45) is 3.77. The Bertz CT molecular complexity index is 1010. The Hall–Kier alpha value is -3.04. The second-order valence-corrected chi connectivity index (χ2v) is 6.88. The fourth-order valence-corrected chi connectivity index (χ4v) is 3.18. The zero-order valence-corrected chi connectivity index (χ0v) is 15.6.